The van der Waals surface area contributed by atoms with Gasteiger partial charge in [0.2, 0.25) is 5.91 Å². The lowest BCUT2D eigenvalue weighted by molar-refractivity contribution is -0.114. The summed E-state index contributed by atoms with van der Waals surface area (Å²) in [6.07, 6.45) is 0. The number of H-pyrrole nitrogens is 2. The topological polar surface area (TPSA) is 130 Å². The van der Waals surface area contributed by atoms with Crippen LogP contribution < -0.4 is 15.5 Å². The second-order valence-electron chi connectivity index (χ2n) is 10.7. The van der Waals surface area contributed by atoms with Crippen LogP contribution in [0.3, 0.4) is 0 Å². The number of aromatic hydroxyl groups is 1. The minimum Gasteiger partial charge on any atom is -0.507 e. The van der Waals surface area contributed by atoms with E-state index in [0.29, 0.717) is 40.9 Å². The lowest BCUT2D eigenvalue weighted by Gasteiger charge is -2.17. The molecule has 0 saturated heterocycles. The zero-order chi connectivity index (χ0) is 29.8. The van der Waals surface area contributed by atoms with Crippen molar-refractivity contribution in [1.29, 1.82) is 0 Å². The van der Waals surface area contributed by atoms with E-state index in [4.69, 9.17) is 11.6 Å². The van der Waals surface area contributed by atoms with E-state index in [1.54, 1.807) is 53.4 Å². The molecule has 10 heteroatoms. The highest BCUT2D eigenvalue weighted by molar-refractivity contribution is 6.19. The van der Waals surface area contributed by atoms with E-state index in [-0.39, 0.29) is 29.4 Å². The molecule has 0 unspecified atom stereocenters. The maximum atomic E-state index is 13.8. The number of aromatic nitrogens is 2. The van der Waals surface area contributed by atoms with Gasteiger partial charge >= 0.3 is 0 Å². The number of amides is 3. The van der Waals surface area contributed by atoms with E-state index in [9.17, 15) is 19.5 Å². The van der Waals surface area contributed by atoms with Crippen molar-refractivity contribution in [3.8, 4) is 5.75 Å². The average Bonchev–Trinajstić information content (AvgIpc) is 3.71. The highest BCUT2D eigenvalue weighted by atomic mass is 35.5. The molecule has 0 fully saturated rings. The van der Waals surface area contributed by atoms with Crippen LogP contribution in [0, 0.1) is 0 Å². The molecule has 3 amide bonds. The summed E-state index contributed by atoms with van der Waals surface area (Å²) in [5.41, 5.74) is 5.10. The SMILES string of the molecule is CC(=O)Nc1ccc2[nH]c(C(=O)Nc3ccc4[nH]c(C(=O)N5C[C@@H](CCl)c6c5cc(O)c5ccccc65)cc4c3)cc2c1. The van der Waals surface area contributed by atoms with Gasteiger partial charge in [0, 0.05) is 69.9 Å². The van der Waals surface area contributed by atoms with Gasteiger partial charge in [-0.2, -0.15) is 0 Å². The average molecular weight is 592 g/mol. The Morgan fingerprint density at radius 1 is 0.860 bits per heavy atom. The Labute approximate surface area is 250 Å². The second-order valence-corrected chi connectivity index (χ2v) is 11.1. The number of halogens is 1. The minimum atomic E-state index is -0.323. The molecule has 0 spiro atoms. The molecule has 0 radical (unpaired) electrons. The van der Waals surface area contributed by atoms with Crippen LogP contribution in [0.15, 0.2) is 78.9 Å². The standard InChI is InChI=1S/C33H26ClN5O4/c1-17(40)35-21-6-8-25-18(10-21)12-27(37-25)32(42)36-22-7-9-26-19(11-22)13-28(38-26)33(43)39-16-20(15-34)31-24-5-3-2-4-23(24)30(41)14-29(31)39/h2-14,20,37-38,41H,15-16H2,1H3,(H,35,40)(H,36,42)/t20-/m1/s1. The second kappa shape index (κ2) is 10.2. The molecule has 5 N–H and O–H groups in total. The van der Waals surface area contributed by atoms with E-state index < -0.39 is 0 Å². The van der Waals surface area contributed by atoms with E-state index >= 15 is 0 Å². The first kappa shape index (κ1) is 26.6. The number of aromatic amines is 2. The van der Waals surface area contributed by atoms with Crippen molar-refractivity contribution in [1.82, 2.24) is 9.97 Å². The van der Waals surface area contributed by atoms with E-state index in [2.05, 4.69) is 20.6 Å². The van der Waals surface area contributed by atoms with E-state index in [0.717, 1.165) is 38.1 Å². The molecular weight excluding hydrogens is 566 g/mol. The first-order valence-corrected chi connectivity index (χ1v) is 14.3. The maximum Gasteiger partial charge on any atom is 0.274 e. The Morgan fingerprint density at radius 3 is 2.16 bits per heavy atom. The molecule has 214 valence electrons. The summed E-state index contributed by atoms with van der Waals surface area (Å²) < 4.78 is 0. The molecule has 2 aromatic heterocycles. The Hall–Kier alpha value is -5.28. The van der Waals surface area contributed by atoms with Gasteiger partial charge in [-0.3, -0.25) is 14.4 Å². The number of benzene rings is 4. The summed E-state index contributed by atoms with van der Waals surface area (Å²) in [4.78, 5) is 46.2. The molecule has 3 heterocycles. The fourth-order valence-corrected chi connectivity index (χ4v) is 6.20. The predicted molar refractivity (Wildman–Crippen MR) is 170 cm³/mol. The Bertz CT molecular complexity index is 2110. The predicted octanol–water partition coefficient (Wildman–Crippen LogP) is 6.70. The summed E-state index contributed by atoms with van der Waals surface area (Å²) in [6, 6.07) is 23.5. The summed E-state index contributed by atoms with van der Waals surface area (Å²) in [7, 11) is 0. The van der Waals surface area contributed by atoms with Gasteiger partial charge in [0.1, 0.15) is 17.1 Å². The number of hydrogen-bond donors (Lipinski definition) is 5. The van der Waals surface area contributed by atoms with Gasteiger partial charge < -0.3 is 30.6 Å². The van der Waals surface area contributed by atoms with Crippen LogP contribution in [0.4, 0.5) is 17.1 Å². The van der Waals surface area contributed by atoms with Crippen molar-refractivity contribution in [3.63, 3.8) is 0 Å². The molecule has 6 aromatic rings. The zero-order valence-electron chi connectivity index (χ0n) is 23.0. The van der Waals surface area contributed by atoms with E-state index in [1.807, 2.05) is 30.3 Å². The molecular formula is C33H26ClN5O4. The quantitative estimate of drug-likeness (QED) is 0.143. The largest absolute Gasteiger partial charge is 0.507 e. The summed E-state index contributed by atoms with van der Waals surface area (Å²) in [5.74, 6) is -0.344. The first-order valence-electron chi connectivity index (χ1n) is 13.8. The summed E-state index contributed by atoms with van der Waals surface area (Å²) in [6.45, 7) is 1.84. The van der Waals surface area contributed by atoms with Crippen LogP contribution >= 0.6 is 11.6 Å². The fourth-order valence-electron chi connectivity index (χ4n) is 5.95. The maximum absolute atomic E-state index is 13.8. The van der Waals surface area contributed by atoms with Crippen molar-refractivity contribution >= 4 is 79.0 Å². The molecule has 7 rings (SSSR count). The highest BCUT2D eigenvalue weighted by Gasteiger charge is 2.35. The van der Waals surface area contributed by atoms with Crippen LogP contribution in [0.25, 0.3) is 32.6 Å². The number of phenolic OH excluding ortho intramolecular Hbond substituents is 1. The monoisotopic (exact) mass is 591 g/mol. The summed E-state index contributed by atoms with van der Waals surface area (Å²) in [5, 5.41) is 19.5. The number of carbonyl (C=O) groups is 3. The third-order valence-electron chi connectivity index (χ3n) is 7.87. The molecule has 0 saturated carbocycles. The lowest BCUT2D eigenvalue weighted by atomic mass is 9.95. The van der Waals surface area contributed by atoms with Gasteiger partial charge in [-0.05, 0) is 59.5 Å². The van der Waals surface area contributed by atoms with Gasteiger partial charge in [-0.15, -0.1) is 11.6 Å². The van der Waals surface area contributed by atoms with Crippen molar-refractivity contribution < 1.29 is 19.5 Å². The number of fused-ring (bicyclic) bond motifs is 5. The number of phenols is 1. The zero-order valence-corrected chi connectivity index (χ0v) is 23.8. The lowest BCUT2D eigenvalue weighted by Crippen LogP contribution is -2.30. The number of carbonyl (C=O) groups excluding carboxylic acids is 3. The van der Waals surface area contributed by atoms with Gasteiger partial charge in [-0.25, -0.2) is 0 Å². The highest BCUT2D eigenvalue weighted by Crippen LogP contribution is 2.45. The number of anilines is 3. The normalized spacial score (nSPS) is 14.4. The molecule has 4 aromatic carbocycles. The van der Waals surface area contributed by atoms with Crippen LogP contribution in [0.1, 0.15) is 39.4 Å². The van der Waals surface area contributed by atoms with Gasteiger partial charge in [0.15, 0.2) is 0 Å². The molecule has 0 bridgehead atoms. The molecule has 1 aliphatic heterocycles. The number of rotatable bonds is 5. The smallest absolute Gasteiger partial charge is 0.274 e. The third kappa shape index (κ3) is 4.64. The van der Waals surface area contributed by atoms with Crippen molar-refractivity contribution in [3.05, 3.63) is 95.8 Å². The molecule has 0 aliphatic carbocycles. The summed E-state index contributed by atoms with van der Waals surface area (Å²) >= 11 is 6.35. The van der Waals surface area contributed by atoms with Gasteiger partial charge in [0.25, 0.3) is 11.8 Å². The minimum absolute atomic E-state index is 0.0704. The van der Waals surface area contributed by atoms with Crippen molar-refractivity contribution in [2.45, 2.75) is 12.8 Å². The Morgan fingerprint density at radius 2 is 1.49 bits per heavy atom. The Kier molecular flexibility index (Phi) is 6.32. The number of nitrogens with one attached hydrogen (secondary N) is 4. The van der Waals surface area contributed by atoms with Crippen molar-refractivity contribution in [2.75, 3.05) is 28.0 Å². The van der Waals surface area contributed by atoms with Crippen LogP contribution in [0.2, 0.25) is 0 Å². The molecule has 1 atom stereocenters. The van der Waals surface area contributed by atoms with Crippen molar-refractivity contribution in [2.24, 2.45) is 0 Å². The number of alkyl halides is 1. The molecule has 43 heavy (non-hydrogen) atoms. The third-order valence-corrected chi connectivity index (χ3v) is 8.24. The molecule has 9 nitrogen and oxygen atoms in total. The van der Waals surface area contributed by atoms with Crippen LogP contribution in [-0.4, -0.2) is 45.2 Å². The van der Waals surface area contributed by atoms with Crippen LogP contribution in [0.5, 0.6) is 5.75 Å². The fraction of sp³-hybridized carbons (Fsp3) is 0.121. The van der Waals surface area contributed by atoms with Gasteiger partial charge in [0.05, 0.1) is 5.69 Å². The molecule has 1 aliphatic rings. The Balaban J connectivity index is 1.14. The van der Waals surface area contributed by atoms with Crippen LogP contribution in [-0.2, 0) is 4.79 Å². The van der Waals surface area contributed by atoms with E-state index in [1.165, 1.54) is 6.92 Å². The number of nitrogens with zero attached hydrogens (tertiary/aromatic N) is 1. The number of hydrogen-bond acceptors (Lipinski definition) is 4. The first-order chi connectivity index (χ1) is 20.8. The van der Waals surface area contributed by atoms with Gasteiger partial charge in [-0.1, -0.05) is 24.3 Å².